The Bertz CT molecular complexity index is 1140. The number of nitrogens with one attached hydrogen (secondary N) is 1. The highest BCUT2D eigenvalue weighted by Gasteiger charge is 2.21. The van der Waals surface area contributed by atoms with Crippen molar-refractivity contribution in [3.05, 3.63) is 59.9 Å². The van der Waals surface area contributed by atoms with Gasteiger partial charge in [-0.1, -0.05) is 6.07 Å². The van der Waals surface area contributed by atoms with Crippen LogP contribution in [0.5, 0.6) is 0 Å². The molecule has 0 saturated carbocycles. The summed E-state index contributed by atoms with van der Waals surface area (Å²) in [5.41, 5.74) is -0.556. The summed E-state index contributed by atoms with van der Waals surface area (Å²) >= 11 is 0. The van der Waals surface area contributed by atoms with Gasteiger partial charge < -0.3 is 20.1 Å². The number of morpholine rings is 1. The molecule has 2 aromatic heterocycles. The van der Waals surface area contributed by atoms with Crippen molar-refractivity contribution < 1.29 is 28.2 Å². The number of hydrogen-bond donors (Lipinski definition) is 2. The molecule has 1 aromatic carbocycles. The Kier molecular flexibility index (Phi) is 5.50. The third-order valence-electron chi connectivity index (χ3n) is 4.52. The van der Waals surface area contributed by atoms with Gasteiger partial charge in [0.1, 0.15) is 29.8 Å². The second-order valence-electron chi connectivity index (χ2n) is 6.52. The number of hydrogen-bond acceptors (Lipinski definition) is 7. The van der Waals surface area contributed by atoms with E-state index in [0.717, 1.165) is 12.1 Å². The first-order valence-corrected chi connectivity index (χ1v) is 9.10. The van der Waals surface area contributed by atoms with E-state index in [9.17, 15) is 23.5 Å². The number of aromatic carboxylic acids is 1. The smallest absolute Gasteiger partial charge is 0.358 e. The second kappa shape index (κ2) is 8.40. The minimum absolute atomic E-state index is 0.0138. The lowest BCUT2D eigenvalue weighted by Gasteiger charge is -2.26. The summed E-state index contributed by atoms with van der Waals surface area (Å²) < 4.78 is 33.3. The maximum atomic E-state index is 14.1. The van der Waals surface area contributed by atoms with Crippen LogP contribution in [0.1, 0.15) is 10.5 Å². The maximum Gasteiger partial charge on any atom is 0.358 e. The Labute approximate surface area is 174 Å². The lowest BCUT2D eigenvalue weighted by molar-refractivity contribution is -0.125. The first kappa shape index (κ1) is 20.3. The monoisotopic (exact) mass is 427 g/mol. The van der Waals surface area contributed by atoms with E-state index in [-0.39, 0.29) is 29.7 Å². The number of carbonyl (C=O) groups is 2. The largest absolute Gasteiger partial charge is 0.476 e. The van der Waals surface area contributed by atoms with Crippen molar-refractivity contribution in [2.24, 2.45) is 0 Å². The summed E-state index contributed by atoms with van der Waals surface area (Å²) in [6.07, 6.45) is 1.44. The Morgan fingerprint density at radius 3 is 2.58 bits per heavy atom. The predicted molar refractivity (Wildman–Crippen MR) is 105 cm³/mol. The van der Waals surface area contributed by atoms with Crippen LogP contribution < -0.4 is 10.2 Å². The van der Waals surface area contributed by atoms with Gasteiger partial charge in [-0.05, 0) is 30.3 Å². The van der Waals surface area contributed by atoms with Crippen molar-refractivity contribution in [3.63, 3.8) is 0 Å². The maximum absolute atomic E-state index is 14.1. The standard InChI is InChI=1S/C20H15F2N5O4/c21-12-2-1-3-13(22)18(12)14-8-15(19(20(29)30)26-25-14)24-16-5-4-11(9-23-16)27-6-7-31-10-17(27)28/h1-5,8-9H,6-7,10H2,(H,29,30)(H,23,24,25). The number of carboxylic acid groups (broad SMARTS) is 1. The molecule has 1 amide bonds. The molecule has 0 aliphatic carbocycles. The number of benzene rings is 1. The number of ether oxygens (including phenoxy) is 1. The average Bonchev–Trinajstić information content (AvgIpc) is 2.75. The molecule has 1 aliphatic heterocycles. The molecule has 0 atom stereocenters. The molecule has 0 radical (unpaired) electrons. The van der Waals surface area contributed by atoms with Crippen molar-refractivity contribution in [1.29, 1.82) is 0 Å². The van der Waals surface area contributed by atoms with Gasteiger partial charge in [0.15, 0.2) is 5.69 Å². The summed E-state index contributed by atoms with van der Waals surface area (Å²) in [5.74, 6) is -3.07. The fourth-order valence-corrected chi connectivity index (χ4v) is 3.06. The van der Waals surface area contributed by atoms with Gasteiger partial charge in [0.05, 0.1) is 29.7 Å². The molecule has 1 saturated heterocycles. The second-order valence-corrected chi connectivity index (χ2v) is 6.52. The summed E-state index contributed by atoms with van der Waals surface area (Å²) in [5, 5.41) is 19.4. The number of amides is 1. The molecule has 1 aliphatic rings. The van der Waals surface area contributed by atoms with Crippen LogP contribution in [0.2, 0.25) is 0 Å². The Hall–Kier alpha value is -3.99. The third kappa shape index (κ3) is 4.16. The number of aromatic nitrogens is 3. The van der Waals surface area contributed by atoms with Crippen molar-refractivity contribution in [2.45, 2.75) is 0 Å². The van der Waals surface area contributed by atoms with Gasteiger partial charge in [-0.3, -0.25) is 4.79 Å². The molecule has 0 bridgehead atoms. The molecule has 4 rings (SSSR count). The molecular weight excluding hydrogens is 412 g/mol. The van der Waals surface area contributed by atoms with Crippen LogP contribution in [0, 0.1) is 11.6 Å². The van der Waals surface area contributed by atoms with E-state index < -0.39 is 28.9 Å². The number of carboxylic acids is 1. The highest BCUT2D eigenvalue weighted by Crippen LogP contribution is 2.28. The number of carbonyl (C=O) groups excluding carboxylic acids is 1. The zero-order valence-electron chi connectivity index (χ0n) is 15.9. The number of pyridine rings is 1. The Balaban J connectivity index is 1.65. The first-order valence-electron chi connectivity index (χ1n) is 9.10. The van der Waals surface area contributed by atoms with E-state index in [1.807, 2.05) is 0 Å². The highest BCUT2D eigenvalue weighted by molar-refractivity contribution is 5.95. The fourth-order valence-electron chi connectivity index (χ4n) is 3.06. The van der Waals surface area contributed by atoms with Crippen molar-refractivity contribution >= 4 is 29.1 Å². The summed E-state index contributed by atoms with van der Waals surface area (Å²) in [4.78, 5) is 29.2. The van der Waals surface area contributed by atoms with Crippen LogP contribution >= 0.6 is 0 Å². The molecule has 31 heavy (non-hydrogen) atoms. The minimum Gasteiger partial charge on any atom is -0.476 e. The number of anilines is 3. The van der Waals surface area contributed by atoms with Crippen LogP contribution in [0.15, 0.2) is 42.6 Å². The Morgan fingerprint density at radius 2 is 1.94 bits per heavy atom. The van der Waals surface area contributed by atoms with Gasteiger partial charge in [0, 0.05) is 6.54 Å². The molecular formula is C20H15F2N5O4. The molecule has 0 spiro atoms. The molecule has 0 unspecified atom stereocenters. The van der Waals surface area contributed by atoms with E-state index in [2.05, 4.69) is 20.5 Å². The SMILES string of the molecule is O=C(O)c1nnc(-c2c(F)cccc2F)cc1Nc1ccc(N2CCOCC2=O)cn1. The minimum atomic E-state index is -1.38. The van der Waals surface area contributed by atoms with Crippen LogP contribution in [-0.4, -0.2) is 51.9 Å². The molecule has 158 valence electrons. The Morgan fingerprint density at radius 1 is 1.16 bits per heavy atom. The van der Waals surface area contributed by atoms with E-state index in [4.69, 9.17) is 4.74 Å². The zero-order chi connectivity index (χ0) is 22.0. The van der Waals surface area contributed by atoms with Gasteiger partial charge in [-0.25, -0.2) is 18.6 Å². The number of nitrogens with zero attached hydrogens (tertiary/aromatic N) is 4. The average molecular weight is 427 g/mol. The summed E-state index contributed by atoms with van der Waals surface area (Å²) in [7, 11) is 0. The van der Waals surface area contributed by atoms with Crippen molar-refractivity contribution in [1.82, 2.24) is 15.2 Å². The number of rotatable bonds is 5. The van der Waals surface area contributed by atoms with Gasteiger partial charge in [-0.2, -0.15) is 0 Å². The van der Waals surface area contributed by atoms with E-state index in [1.54, 1.807) is 6.07 Å². The van der Waals surface area contributed by atoms with Gasteiger partial charge in [-0.15, -0.1) is 10.2 Å². The first-order chi connectivity index (χ1) is 14.9. The van der Waals surface area contributed by atoms with E-state index >= 15 is 0 Å². The van der Waals surface area contributed by atoms with E-state index in [0.29, 0.717) is 18.8 Å². The van der Waals surface area contributed by atoms with Crippen LogP contribution in [0.3, 0.4) is 0 Å². The third-order valence-corrected chi connectivity index (χ3v) is 4.52. The lowest BCUT2D eigenvalue weighted by atomic mass is 10.1. The van der Waals surface area contributed by atoms with Crippen LogP contribution in [-0.2, 0) is 9.53 Å². The molecule has 9 nitrogen and oxygen atoms in total. The molecule has 1 fully saturated rings. The summed E-state index contributed by atoms with van der Waals surface area (Å²) in [6, 6.07) is 7.67. The lowest BCUT2D eigenvalue weighted by Crippen LogP contribution is -2.41. The molecule has 11 heteroatoms. The van der Waals surface area contributed by atoms with E-state index in [1.165, 1.54) is 29.3 Å². The van der Waals surface area contributed by atoms with Crippen LogP contribution in [0.4, 0.5) is 26.0 Å². The highest BCUT2D eigenvalue weighted by atomic mass is 19.1. The van der Waals surface area contributed by atoms with Gasteiger partial charge >= 0.3 is 5.97 Å². The summed E-state index contributed by atoms with van der Waals surface area (Å²) in [6.45, 7) is 0.786. The van der Waals surface area contributed by atoms with Crippen molar-refractivity contribution in [3.8, 4) is 11.3 Å². The topological polar surface area (TPSA) is 118 Å². The normalized spacial score (nSPS) is 13.9. The zero-order valence-corrected chi connectivity index (χ0v) is 15.9. The molecule has 3 heterocycles. The molecule has 3 aromatic rings. The number of halogens is 2. The predicted octanol–water partition coefficient (Wildman–Crippen LogP) is 2.62. The van der Waals surface area contributed by atoms with Crippen LogP contribution in [0.25, 0.3) is 11.3 Å². The van der Waals surface area contributed by atoms with Gasteiger partial charge in [0.25, 0.3) is 5.91 Å². The molecule has 2 N–H and O–H groups in total. The quantitative estimate of drug-likeness (QED) is 0.638. The van der Waals surface area contributed by atoms with Gasteiger partial charge in [0.2, 0.25) is 0 Å². The van der Waals surface area contributed by atoms with Crippen molar-refractivity contribution in [2.75, 3.05) is 30.0 Å². The fraction of sp³-hybridized carbons (Fsp3) is 0.150.